The van der Waals surface area contributed by atoms with E-state index in [-0.39, 0.29) is 17.9 Å². The van der Waals surface area contributed by atoms with Gasteiger partial charge in [-0.05, 0) is 31.2 Å². The third kappa shape index (κ3) is 3.54. The molecule has 0 aliphatic carbocycles. The molecule has 2 aromatic heterocycles. The lowest BCUT2D eigenvalue weighted by Crippen LogP contribution is -2.23. The van der Waals surface area contributed by atoms with E-state index < -0.39 is 11.7 Å². The molecule has 7 nitrogen and oxygen atoms in total. The Hall–Kier alpha value is -3.29. The molecule has 24 heavy (non-hydrogen) atoms. The van der Waals surface area contributed by atoms with Crippen molar-refractivity contribution in [2.24, 2.45) is 0 Å². The number of amides is 1. The highest BCUT2D eigenvalue weighted by molar-refractivity contribution is 5.95. The first-order chi connectivity index (χ1) is 11.5. The van der Waals surface area contributed by atoms with E-state index in [1.807, 2.05) is 13.0 Å². The minimum absolute atomic E-state index is 0.191. The van der Waals surface area contributed by atoms with E-state index in [0.717, 1.165) is 5.69 Å². The van der Waals surface area contributed by atoms with Crippen molar-refractivity contribution < 1.29 is 9.18 Å². The molecular weight excluding hydrogens is 311 g/mol. The summed E-state index contributed by atoms with van der Waals surface area (Å²) in [5.74, 6) is -0.672. The van der Waals surface area contributed by atoms with Crippen LogP contribution in [0.1, 0.15) is 21.7 Å². The fourth-order valence-electron chi connectivity index (χ4n) is 2.19. The number of aryl methyl sites for hydroxylation is 1. The summed E-state index contributed by atoms with van der Waals surface area (Å²) in [5, 5.41) is 9.52. The zero-order chi connectivity index (χ0) is 17.1. The predicted molar refractivity (Wildman–Crippen MR) is 86.3 cm³/mol. The average Bonchev–Trinajstić information content (AvgIpc) is 2.98. The van der Waals surface area contributed by atoms with Crippen LogP contribution in [0.25, 0.3) is 11.3 Å². The number of nitrogens with zero attached hydrogens (tertiary/aromatic N) is 3. The normalized spacial score (nSPS) is 10.6. The number of hydrogen-bond donors (Lipinski definition) is 3. The summed E-state index contributed by atoms with van der Waals surface area (Å²) >= 11 is 0. The molecule has 0 atom stereocenters. The first kappa shape index (κ1) is 15.6. The highest BCUT2D eigenvalue weighted by Crippen LogP contribution is 2.20. The maximum atomic E-state index is 13.8. The van der Waals surface area contributed by atoms with Crippen molar-refractivity contribution in [3.05, 3.63) is 59.4 Å². The van der Waals surface area contributed by atoms with Crippen molar-refractivity contribution in [1.82, 2.24) is 25.5 Å². The fraction of sp³-hybridized carbons (Fsp3) is 0.125. The lowest BCUT2D eigenvalue weighted by atomic mass is 10.1. The predicted octanol–water partition coefficient (Wildman–Crippen LogP) is 1.83. The van der Waals surface area contributed by atoms with E-state index in [1.54, 1.807) is 6.07 Å². The Morgan fingerprint density at radius 3 is 2.75 bits per heavy atom. The Bertz CT molecular complexity index is 875. The van der Waals surface area contributed by atoms with E-state index in [0.29, 0.717) is 17.0 Å². The van der Waals surface area contributed by atoms with Gasteiger partial charge in [0.1, 0.15) is 11.6 Å². The van der Waals surface area contributed by atoms with Gasteiger partial charge in [-0.2, -0.15) is 5.10 Å². The second-order valence-corrected chi connectivity index (χ2v) is 5.28. The maximum Gasteiger partial charge on any atom is 0.251 e. The summed E-state index contributed by atoms with van der Waals surface area (Å²) in [6.07, 6.45) is 2.80. The van der Waals surface area contributed by atoms with Crippen molar-refractivity contribution in [2.45, 2.75) is 13.5 Å². The van der Waals surface area contributed by atoms with Gasteiger partial charge in [-0.25, -0.2) is 9.37 Å². The van der Waals surface area contributed by atoms with Gasteiger partial charge in [0.2, 0.25) is 0 Å². The van der Waals surface area contributed by atoms with Crippen molar-refractivity contribution in [1.29, 1.82) is 0 Å². The highest BCUT2D eigenvalue weighted by atomic mass is 19.1. The fourth-order valence-corrected chi connectivity index (χ4v) is 2.19. The van der Waals surface area contributed by atoms with Crippen molar-refractivity contribution in [3.8, 4) is 11.3 Å². The Labute approximate surface area is 137 Å². The lowest BCUT2D eigenvalue weighted by Gasteiger charge is -2.07. The summed E-state index contributed by atoms with van der Waals surface area (Å²) in [6, 6.07) is 5.82. The zero-order valence-corrected chi connectivity index (χ0v) is 12.9. The Morgan fingerprint density at radius 2 is 2.08 bits per heavy atom. The number of nitrogen functional groups attached to an aromatic ring is 1. The van der Waals surface area contributed by atoms with Gasteiger partial charge in [0.15, 0.2) is 0 Å². The third-order valence-corrected chi connectivity index (χ3v) is 3.32. The standard InChI is InChI=1S/C16H15FN6O/c1-9-2-13(23-22-9)6-21-16(24)11-3-10(4-12(17)5-11)14-7-20-15(18)8-19-14/h2-5,7-8H,6H2,1H3,(H2,18,20)(H,21,24)(H,22,23). The molecule has 8 heteroatoms. The number of aromatic nitrogens is 4. The number of hydrogen-bond acceptors (Lipinski definition) is 5. The number of carbonyl (C=O) groups excluding carboxylic acids is 1. The van der Waals surface area contributed by atoms with E-state index in [9.17, 15) is 9.18 Å². The number of benzene rings is 1. The SMILES string of the molecule is Cc1cc(CNC(=O)c2cc(F)cc(-c3cnc(N)cn3)c2)n[nH]1. The number of nitrogens with two attached hydrogens (primary N) is 1. The molecule has 1 amide bonds. The van der Waals surface area contributed by atoms with Gasteiger partial charge in [0, 0.05) is 16.8 Å². The summed E-state index contributed by atoms with van der Waals surface area (Å²) in [7, 11) is 0. The van der Waals surface area contributed by atoms with Gasteiger partial charge in [0.25, 0.3) is 5.91 Å². The summed E-state index contributed by atoms with van der Waals surface area (Å²) in [6.45, 7) is 2.11. The maximum absolute atomic E-state index is 13.8. The molecule has 0 saturated carbocycles. The van der Waals surface area contributed by atoms with Crippen molar-refractivity contribution >= 4 is 11.7 Å². The minimum atomic E-state index is -0.535. The van der Waals surface area contributed by atoms with E-state index in [4.69, 9.17) is 5.73 Å². The summed E-state index contributed by atoms with van der Waals surface area (Å²) < 4.78 is 13.8. The Balaban J connectivity index is 1.80. The molecular formula is C16H15FN6O. The molecule has 1 aromatic carbocycles. The highest BCUT2D eigenvalue weighted by Gasteiger charge is 2.11. The first-order valence-corrected chi connectivity index (χ1v) is 7.19. The largest absolute Gasteiger partial charge is 0.382 e. The minimum Gasteiger partial charge on any atom is -0.382 e. The van der Waals surface area contributed by atoms with Gasteiger partial charge in [-0.1, -0.05) is 0 Å². The molecule has 0 aliphatic heterocycles. The number of carbonyl (C=O) groups is 1. The molecule has 0 spiro atoms. The van der Waals surface area contributed by atoms with Gasteiger partial charge in [-0.15, -0.1) is 0 Å². The topological polar surface area (TPSA) is 110 Å². The Kier molecular flexibility index (Phi) is 4.19. The monoisotopic (exact) mass is 326 g/mol. The zero-order valence-electron chi connectivity index (χ0n) is 12.9. The lowest BCUT2D eigenvalue weighted by molar-refractivity contribution is 0.0950. The number of aromatic amines is 1. The van der Waals surface area contributed by atoms with Gasteiger partial charge in [-0.3, -0.25) is 14.9 Å². The molecule has 2 heterocycles. The van der Waals surface area contributed by atoms with Crippen LogP contribution >= 0.6 is 0 Å². The van der Waals surface area contributed by atoms with Gasteiger partial charge < -0.3 is 11.1 Å². The van der Waals surface area contributed by atoms with Crippen LogP contribution in [0.4, 0.5) is 10.2 Å². The van der Waals surface area contributed by atoms with Crippen molar-refractivity contribution in [3.63, 3.8) is 0 Å². The molecule has 4 N–H and O–H groups in total. The average molecular weight is 326 g/mol. The molecule has 0 fully saturated rings. The molecule has 0 radical (unpaired) electrons. The van der Waals surface area contributed by atoms with Crippen LogP contribution in [0.5, 0.6) is 0 Å². The van der Waals surface area contributed by atoms with Crippen LogP contribution in [0.3, 0.4) is 0 Å². The molecule has 3 rings (SSSR count). The first-order valence-electron chi connectivity index (χ1n) is 7.19. The van der Waals surface area contributed by atoms with Gasteiger partial charge >= 0.3 is 0 Å². The second-order valence-electron chi connectivity index (χ2n) is 5.28. The van der Waals surface area contributed by atoms with Crippen LogP contribution in [-0.4, -0.2) is 26.1 Å². The van der Waals surface area contributed by atoms with Crippen LogP contribution in [-0.2, 0) is 6.54 Å². The van der Waals surface area contributed by atoms with E-state index in [1.165, 1.54) is 24.5 Å². The molecule has 0 saturated heterocycles. The second kappa shape index (κ2) is 6.45. The number of H-pyrrole nitrogens is 1. The van der Waals surface area contributed by atoms with E-state index in [2.05, 4.69) is 25.5 Å². The van der Waals surface area contributed by atoms with Crippen LogP contribution in [0.2, 0.25) is 0 Å². The Morgan fingerprint density at radius 1 is 1.25 bits per heavy atom. The van der Waals surface area contributed by atoms with E-state index >= 15 is 0 Å². The quantitative estimate of drug-likeness (QED) is 0.677. The number of halogens is 1. The van der Waals surface area contributed by atoms with Crippen LogP contribution in [0, 0.1) is 12.7 Å². The smallest absolute Gasteiger partial charge is 0.251 e. The van der Waals surface area contributed by atoms with Gasteiger partial charge in [0.05, 0.1) is 30.3 Å². The van der Waals surface area contributed by atoms with Crippen LogP contribution < -0.4 is 11.1 Å². The summed E-state index contributed by atoms with van der Waals surface area (Å²) in [5.41, 5.74) is 8.15. The molecule has 3 aromatic rings. The molecule has 0 bridgehead atoms. The van der Waals surface area contributed by atoms with Crippen LogP contribution in [0.15, 0.2) is 36.7 Å². The summed E-state index contributed by atoms with van der Waals surface area (Å²) in [4.78, 5) is 20.2. The molecule has 0 unspecified atom stereocenters. The number of nitrogens with one attached hydrogen (secondary N) is 2. The third-order valence-electron chi connectivity index (χ3n) is 3.32. The molecule has 122 valence electrons. The number of anilines is 1. The molecule has 0 aliphatic rings. The van der Waals surface area contributed by atoms with Crippen molar-refractivity contribution in [2.75, 3.05) is 5.73 Å². The number of rotatable bonds is 4.